The van der Waals surface area contributed by atoms with Gasteiger partial charge in [0.05, 0.1) is 12.3 Å². The SMILES string of the molecule is CN1C(=O)C2C(NC3N(Cc4ccc(Cl)cc4Cl)N=C(c4ccccc4)CN23)N(C)C1=O. The highest BCUT2D eigenvalue weighted by molar-refractivity contribution is 6.35. The van der Waals surface area contributed by atoms with Crippen molar-refractivity contribution in [1.29, 1.82) is 0 Å². The second kappa shape index (κ2) is 8.04. The first-order valence-electron chi connectivity index (χ1n) is 10.2. The van der Waals surface area contributed by atoms with Crippen LogP contribution >= 0.6 is 23.2 Å². The van der Waals surface area contributed by atoms with Crippen LogP contribution in [0.3, 0.4) is 0 Å². The van der Waals surface area contributed by atoms with Crippen molar-refractivity contribution >= 4 is 40.9 Å². The number of nitrogens with zero attached hydrogens (tertiary/aromatic N) is 5. The van der Waals surface area contributed by atoms with Gasteiger partial charge in [-0.05, 0) is 23.3 Å². The number of imide groups is 1. The number of hydrogen-bond donors (Lipinski definition) is 1. The van der Waals surface area contributed by atoms with Crippen molar-refractivity contribution in [2.45, 2.75) is 25.0 Å². The molecule has 3 unspecified atom stereocenters. The predicted molar refractivity (Wildman–Crippen MR) is 122 cm³/mol. The Labute approximate surface area is 196 Å². The van der Waals surface area contributed by atoms with E-state index in [1.54, 1.807) is 24.1 Å². The molecule has 8 nitrogen and oxygen atoms in total. The molecule has 2 aromatic carbocycles. The third kappa shape index (κ3) is 3.44. The van der Waals surface area contributed by atoms with E-state index < -0.39 is 12.2 Å². The van der Waals surface area contributed by atoms with Gasteiger partial charge in [0.2, 0.25) is 0 Å². The van der Waals surface area contributed by atoms with Crippen LogP contribution in [-0.4, -0.2) is 76.5 Å². The van der Waals surface area contributed by atoms with E-state index in [9.17, 15) is 9.59 Å². The average Bonchev–Trinajstić information content (AvgIpc) is 3.18. The molecule has 10 heteroatoms. The lowest BCUT2D eigenvalue weighted by molar-refractivity contribution is -0.137. The Hall–Kier alpha value is -2.65. The molecule has 0 spiro atoms. The number of nitrogens with one attached hydrogen (secondary N) is 1. The van der Waals surface area contributed by atoms with Crippen LogP contribution in [0.5, 0.6) is 0 Å². The van der Waals surface area contributed by atoms with E-state index in [0.29, 0.717) is 23.1 Å². The molecule has 0 saturated carbocycles. The Morgan fingerprint density at radius 2 is 1.84 bits per heavy atom. The zero-order chi connectivity index (χ0) is 22.6. The average molecular weight is 473 g/mol. The van der Waals surface area contributed by atoms with Crippen molar-refractivity contribution in [3.8, 4) is 0 Å². The maximum atomic E-state index is 13.1. The fourth-order valence-corrected chi connectivity index (χ4v) is 4.97. The minimum Gasteiger partial charge on any atom is -0.310 e. The number of hydrazone groups is 1. The van der Waals surface area contributed by atoms with E-state index in [1.165, 1.54) is 11.9 Å². The summed E-state index contributed by atoms with van der Waals surface area (Å²) in [6, 6.07) is 14.4. The van der Waals surface area contributed by atoms with E-state index in [4.69, 9.17) is 28.3 Å². The number of carbonyl (C=O) groups excluding carboxylic acids is 2. The summed E-state index contributed by atoms with van der Waals surface area (Å²) in [7, 11) is 3.22. The van der Waals surface area contributed by atoms with Crippen LogP contribution in [0.1, 0.15) is 11.1 Å². The molecule has 1 N–H and O–H groups in total. The summed E-state index contributed by atoms with van der Waals surface area (Å²) in [6.45, 7) is 0.872. The molecule has 3 heterocycles. The number of amides is 3. The number of fused-ring (bicyclic) bond motifs is 3. The highest BCUT2D eigenvalue weighted by atomic mass is 35.5. The number of benzene rings is 2. The minimum absolute atomic E-state index is 0.230. The summed E-state index contributed by atoms with van der Waals surface area (Å²) >= 11 is 12.5. The largest absolute Gasteiger partial charge is 0.327 e. The molecule has 2 fully saturated rings. The van der Waals surface area contributed by atoms with E-state index in [-0.39, 0.29) is 18.2 Å². The molecule has 3 atom stereocenters. The Morgan fingerprint density at radius 1 is 1.09 bits per heavy atom. The highest BCUT2D eigenvalue weighted by Gasteiger charge is 2.55. The van der Waals surface area contributed by atoms with Gasteiger partial charge in [0.25, 0.3) is 5.91 Å². The van der Waals surface area contributed by atoms with Crippen LogP contribution in [0, 0.1) is 0 Å². The Balaban J connectivity index is 1.55. The Bertz CT molecular complexity index is 1110. The second-order valence-electron chi connectivity index (χ2n) is 8.14. The van der Waals surface area contributed by atoms with Gasteiger partial charge >= 0.3 is 6.03 Å². The normalized spacial score (nSPS) is 25.7. The fraction of sp³-hybridized carbons (Fsp3) is 0.318. The maximum absolute atomic E-state index is 13.1. The van der Waals surface area contributed by atoms with Crippen molar-refractivity contribution in [3.05, 3.63) is 69.7 Å². The molecule has 3 aliphatic rings. The van der Waals surface area contributed by atoms with Crippen LogP contribution in [0.25, 0.3) is 0 Å². The van der Waals surface area contributed by atoms with Gasteiger partial charge in [-0.1, -0.05) is 59.6 Å². The van der Waals surface area contributed by atoms with E-state index in [2.05, 4.69) is 10.2 Å². The minimum atomic E-state index is -0.523. The van der Waals surface area contributed by atoms with E-state index in [1.807, 2.05) is 41.4 Å². The van der Waals surface area contributed by atoms with Gasteiger partial charge in [-0.15, -0.1) is 0 Å². The van der Waals surface area contributed by atoms with Crippen molar-refractivity contribution in [2.75, 3.05) is 20.6 Å². The molecule has 0 bridgehead atoms. The number of rotatable bonds is 3. The topological polar surface area (TPSA) is 71.5 Å². The molecule has 166 valence electrons. The third-order valence-corrected chi connectivity index (χ3v) is 6.79. The predicted octanol–water partition coefficient (Wildman–Crippen LogP) is 2.62. The molecule has 32 heavy (non-hydrogen) atoms. The van der Waals surface area contributed by atoms with Crippen molar-refractivity contribution in [3.63, 3.8) is 0 Å². The van der Waals surface area contributed by atoms with Gasteiger partial charge in [-0.3, -0.25) is 20.0 Å². The lowest BCUT2D eigenvalue weighted by Gasteiger charge is -2.41. The van der Waals surface area contributed by atoms with Crippen LogP contribution < -0.4 is 5.32 Å². The summed E-state index contributed by atoms with van der Waals surface area (Å²) in [4.78, 5) is 30.4. The summed E-state index contributed by atoms with van der Waals surface area (Å²) in [5.41, 5.74) is 2.67. The fourth-order valence-electron chi connectivity index (χ4n) is 4.50. The van der Waals surface area contributed by atoms with Crippen LogP contribution in [-0.2, 0) is 11.3 Å². The number of hydrogen-bond acceptors (Lipinski definition) is 6. The second-order valence-corrected chi connectivity index (χ2v) is 8.98. The smallest absolute Gasteiger partial charge is 0.310 e. The van der Waals surface area contributed by atoms with E-state index >= 15 is 0 Å². The summed E-state index contributed by atoms with van der Waals surface area (Å²) in [6.07, 6.45) is -0.834. The lowest BCUT2D eigenvalue weighted by Crippen LogP contribution is -2.65. The Morgan fingerprint density at radius 3 is 2.56 bits per heavy atom. The lowest BCUT2D eigenvalue weighted by atomic mass is 10.1. The van der Waals surface area contributed by atoms with Gasteiger partial charge in [-0.2, -0.15) is 5.10 Å². The summed E-state index contributed by atoms with van der Waals surface area (Å²) in [5, 5.41) is 11.3. The zero-order valence-corrected chi connectivity index (χ0v) is 19.1. The molecule has 0 radical (unpaired) electrons. The highest BCUT2D eigenvalue weighted by Crippen LogP contribution is 2.32. The third-order valence-electron chi connectivity index (χ3n) is 6.20. The van der Waals surface area contributed by atoms with Gasteiger partial charge < -0.3 is 4.90 Å². The first-order valence-corrected chi connectivity index (χ1v) is 11.0. The zero-order valence-electron chi connectivity index (χ0n) is 17.6. The summed E-state index contributed by atoms with van der Waals surface area (Å²) in [5.74, 6) is -0.230. The van der Waals surface area contributed by atoms with Gasteiger partial charge in [0.1, 0.15) is 12.2 Å². The summed E-state index contributed by atoms with van der Waals surface area (Å²) < 4.78 is 0. The number of urea groups is 1. The molecule has 3 aliphatic heterocycles. The van der Waals surface area contributed by atoms with Gasteiger partial charge in [-0.25, -0.2) is 9.69 Å². The molecule has 0 aliphatic carbocycles. The first kappa shape index (κ1) is 21.2. The molecule has 5 rings (SSSR count). The molecule has 2 aromatic rings. The Kier molecular flexibility index (Phi) is 5.33. The first-order chi connectivity index (χ1) is 15.3. The molecular formula is C22H22Cl2N6O2. The van der Waals surface area contributed by atoms with E-state index in [0.717, 1.165) is 16.8 Å². The monoisotopic (exact) mass is 472 g/mol. The van der Waals surface area contributed by atoms with Crippen LogP contribution in [0.4, 0.5) is 4.79 Å². The van der Waals surface area contributed by atoms with Crippen LogP contribution in [0.2, 0.25) is 10.0 Å². The van der Waals surface area contributed by atoms with Crippen molar-refractivity contribution in [2.24, 2.45) is 5.10 Å². The number of halogens is 2. The number of likely N-dealkylation sites (N-methyl/N-ethyl adjacent to an activating group) is 2. The molecule has 2 saturated heterocycles. The molecule has 3 amide bonds. The van der Waals surface area contributed by atoms with Crippen molar-refractivity contribution < 1.29 is 9.59 Å². The molecular weight excluding hydrogens is 451 g/mol. The van der Waals surface area contributed by atoms with Crippen LogP contribution in [0.15, 0.2) is 53.6 Å². The number of carbonyl (C=O) groups is 2. The van der Waals surface area contributed by atoms with Crippen molar-refractivity contribution in [1.82, 2.24) is 25.0 Å². The molecule has 0 aromatic heterocycles. The van der Waals surface area contributed by atoms with Gasteiger partial charge in [0, 0.05) is 30.7 Å². The van der Waals surface area contributed by atoms with Gasteiger partial charge in [0.15, 0.2) is 6.29 Å². The standard InChI is InChI=1S/C22H22Cl2N6O2/c1-27-19-18(20(31)28(2)22(27)32)29-12-17(13-6-4-3-5-7-13)26-30(21(29)25-19)11-14-8-9-15(23)10-16(14)24/h3-10,18-19,21,25H,11-12H2,1-2H3. The maximum Gasteiger partial charge on any atom is 0.327 e. The quantitative estimate of drug-likeness (QED) is 0.743.